The maximum atomic E-state index is 13.0. The minimum Gasteiger partial charge on any atom is -0.481 e. The molecule has 1 fully saturated rings. The third-order valence-electron chi connectivity index (χ3n) is 5.68. The highest BCUT2D eigenvalue weighted by Crippen LogP contribution is 2.29. The summed E-state index contributed by atoms with van der Waals surface area (Å²) in [6, 6.07) is 11.4. The van der Waals surface area contributed by atoms with Gasteiger partial charge < -0.3 is 14.9 Å². The lowest BCUT2D eigenvalue weighted by Gasteiger charge is -2.26. The summed E-state index contributed by atoms with van der Waals surface area (Å²) < 4.78 is 5.33. The SMILES string of the molecule is Cc1noc2nc(-c3ccccc3)cc(C(=O)NCC3CCC(C(=O)O)CC3)c12. The first kappa shape index (κ1) is 19.1. The second-order valence-corrected chi connectivity index (χ2v) is 7.64. The van der Waals surface area contributed by atoms with E-state index in [0.717, 1.165) is 18.4 Å². The summed E-state index contributed by atoms with van der Waals surface area (Å²) in [6.07, 6.45) is 2.95. The van der Waals surface area contributed by atoms with Crippen molar-refractivity contribution in [2.45, 2.75) is 32.6 Å². The summed E-state index contributed by atoms with van der Waals surface area (Å²) in [4.78, 5) is 28.6. The van der Waals surface area contributed by atoms with Gasteiger partial charge in [0.25, 0.3) is 11.6 Å². The molecule has 0 radical (unpaired) electrons. The fraction of sp³-hybridized carbons (Fsp3) is 0.364. The van der Waals surface area contributed by atoms with Crippen molar-refractivity contribution in [1.82, 2.24) is 15.5 Å². The van der Waals surface area contributed by atoms with Crippen molar-refractivity contribution in [3.05, 3.63) is 47.7 Å². The van der Waals surface area contributed by atoms with Gasteiger partial charge in [-0.3, -0.25) is 9.59 Å². The molecule has 0 bridgehead atoms. The van der Waals surface area contributed by atoms with Crippen LogP contribution in [0, 0.1) is 18.8 Å². The van der Waals surface area contributed by atoms with Gasteiger partial charge in [0.15, 0.2) is 0 Å². The number of aryl methyl sites for hydroxylation is 1. The Balaban J connectivity index is 1.54. The van der Waals surface area contributed by atoms with E-state index in [2.05, 4.69) is 15.5 Å². The second kappa shape index (κ2) is 8.03. The Morgan fingerprint density at radius 1 is 1.17 bits per heavy atom. The Morgan fingerprint density at radius 3 is 2.59 bits per heavy atom. The highest BCUT2D eigenvalue weighted by Gasteiger charge is 2.26. The quantitative estimate of drug-likeness (QED) is 0.683. The lowest BCUT2D eigenvalue weighted by Crippen LogP contribution is -2.32. The smallest absolute Gasteiger partial charge is 0.306 e. The van der Waals surface area contributed by atoms with Crippen LogP contribution in [0.5, 0.6) is 0 Å². The van der Waals surface area contributed by atoms with Crippen LogP contribution in [0.4, 0.5) is 0 Å². The number of carbonyl (C=O) groups is 2. The Bertz CT molecular complexity index is 1040. The number of amides is 1. The summed E-state index contributed by atoms with van der Waals surface area (Å²) in [5, 5.41) is 16.7. The molecule has 1 amide bonds. The number of pyridine rings is 1. The number of nitrogens with zero attached hydrogens (tertiary/aromatic N) is 2. The highest BCUT2D eigenvalue weighted by molar-refractivity contribution is 6.07. The summed E-state index contributed by atoms with van der Waals surface area (Å²) in [6.45, 7) is 2.32. The second-order valence-electron chi connectivity index (χ2n) is 7.64. The van der Waals surface area contributed by atoms with E-state index in [1.54, 1.807) is 13.0 Å². The molecule has 150 valence electrons. The zero-order valence-corrected chi connectivity index (χ0v) is 16.2. The van der Waals surface area contributed by atoms with E-state index < -0.39 is 5.97 Å². The molecule has 2 N–H and O–H groups in total. The number of carboxylic acid groups (broad SMARTS) is 1. The molecule has 0 unspecified atom stereocenters. The average molecular weight is 393 g/mol. The van der Waals surface area contributed by atoms with Gasteiger partial charge >= 0.3 is 5.97 Å². The molecule has 7 heteroatoms. The number of rotatable bonds is 5. The number of aliphatic carboxylic acids is 1. The van der Waals surface area contributed by atoms with E-state index in [1.165, 1.54) is 0 Å². The van der Waals surface area contributed by atoms with E-state index in [0.29, 0.717) is 53.4 Å². The molecular weight excluding hydrogens is 370 g/mol. The van der Waals surface area contributed by atoms with Crippen molar-refractivity contribution in [3.8, 4) is 11.3 Å². The summed E-state index contributed by atoms with van der Waals surface area (Å²) >= 11 is 0. The Labute approximate surface area is 168 Å². The van der Waals surface area contributed by atoms with Crippen molar-refractivity contribution >= 4 is 23.0 Å². The highest BCUT2D eigenvalue weighted by atomic mass is 16.5. The lowest BCUT2D eigenvalue weighted by molar-refractivity contribution is -0.143. The molecule has 0 saturated heterocycles. The van der Waals surface area contributed by atoms with E-state index in [1.807, 2.05) is 30.3 Å². The van der Waals surface area contributed by atoms with Gasteiger partial charge in [-0.15, -0.1) is 0 Å². The molecule has 1 saturated carbocycles. The molecule has 1 aliphatic rings. The van der Waals surface area contributed by atoms with Crippen LogP contribution in [0.15, 0.2) is 40.9 Å². The van der Waals surface area contributed by atoms with Crippen molar-refractivity contribution < 1.29 is 19.2 Å². The van der Waals surface area contributed by atoms with Gasteiger partial charge in [0, 0.05) is 12.1 Å². The van der Waals surface area contributed by atoms with Gasteiger partial charge in [0.1, 0.15) is 0 Å². The van der Waals surface area contributed by atoms with Crippen molar-refractivity contribution in [3.63, 3.8) is 0 Å². The minimum atomic E-state index is -0.719. The number of hydrogen-bond donors (Lipinski definition) is 2. The van der Waals surface area contributed by atoms with E-state index in [4.69, 9.17) is 9.63 Å². The number of nitrogens with one attached hydrogen (secondary N) is 1. The molecule has 4 rings (SSSR count). The summed E-state index contributed by atoms with van der Waals surface area (Å²) in [5.41, 5.74) is 3.01. The van der Waals surface area contributed by atoms with Crippen molar-refractivity contribution in [2.75, 3.05) is 6.54 Å². The normalized spacial score (nSPS) is 19.2. The maximum Gasteiger partial charge on any atom is 0.306 e. The Hall–Kier alpha value is -3.22. The Morgan fingerprint density at radius 2 is 1.90 bits per heavy atom. The number of fused-ring (bicyclic) bond motifs is 1. The molecule has 1 aliphatic carbocycles. The first-order chi connectivity index (χ1) is 14.0. The van der Waals surface area contributed by atoms with Crippen LogP contribution in [-0.4, -0.2) is 33.7 Å². The van der Waals surface area contributed by atoms with Gasteiger partial charge in [-0.25, -0.2) is 4.98 Å². The Kier molecular flexibility index (Phi) is 5.29. The standard InChI is InChI=1S/C22H23N3O4/c1-13-19-17(20(26)23-12-14-7-9-16(10-8-14)22(27)28)11-18(24-21(19)29-25-13)15-5-3-2-4-6-15/h2-6,11,14,16H,7-10,12H2,1H3,(H,23,26)(H,27,28). The summed E-state index contributed by atoms with van der Waals surface area (Å²) in [5.74, 6) is -0.872. The van der Waals surface area contributed by atoms with Crippen molar-refractivity contribution in [1.29, 1.82) is 0 Å². The predicted octanol–water partition coefficient (Wildman–Crippen LogP) is 3.82. The molecule has 3 aromatic rings. The number of carbonyl (C=O) groups excluding carboxylic acids is 1. The number of hydrogen-bond acceptors (Lipinski definition) is 5. The zero-order valence-electron chi connectivity index (χ0n) is 16.2. The van der Waals surface area contributed by atoms with Gasteiger partial charge in [-0.2, -0.15) is 0 Å². The third kappa shape index (κ3) is 3.99. The predicted molar refractivity (Wildman–Crippen MR) is 107 cm³/mol. The molecular formula is C22H23N3O4. The van der Waals surface area contributed by atoms with Gasteiger partial charge in [0.05, 0.1) is 28.3 Å². The number of benzene rings is 1. The molecule has 0 spiro atoms. The topological polar surface area (TPSA) is 105 Å². The first-order valence-electron chi connectivity index (χ1n) is 9.86. The van der Waals surface area contributed by atoms with Crippen LogP contribution in [0.1, 0.15) is 41.7 Å². The fourth-order valence-electron chi connectivity index (χ4n) is 3.98. The molecule has 2 heterocycles. The van der Waals surface area contributed by atoms with Crippen LogP contribution in [-0.2, 0) is 4.79 Å². The van der Waals surface area contributed by atoms with Crippen molar-refractivity contribution in [2.24, 2.45) is 11.8 Å². The molecule has 0 atom stereocenters. The van der Waals surface area contributed by atoms with Crippen LogP contribution in [0.2, 0.25) is 0 Å². The number of aromatic nitrogens is 2. The van der Waals surface area contributed by atoms with E-state index in [-0.39, 0.29) is 11.8 Å². The van der Waals surface area contributed by atoms with Crippen LogP contribution < -0.4 is 5.32 Å². The molecule has 2 aromatic heterocycles. The zero-order chi connectivity index (χ0) is 20.4. The molecule has 0 aliphatic heterocycles. The van der Waals surface area contributed by atoms with Gasteiger partial charge in [0.2, 0.25) is 0 Å². The van der Waals surface area contributed by atoms with Crippen LogP contribution in [0.3, 0.4) is 0 Å². The maximum absolute atomic E-state index is 13.0. The first-order valence-corrected chi connectivity index (χ1v) is 9.86. The van der Waals surface area contributed by atoms with Crippen LogP contribution >= 0.6 is 0 Å². The van der Waals surface area contributed by atoms with Crippen LogP contribution in [0.25, 0.3) is 22.4 Å². The average Bonchev–Trinajstić information content (AvgIpc) is 3.13. The van der Waals surface area contributed by atoms with E-state index >= 15 is 0 Å². The number of carboxylic acids is 1. The third-order valence-corrected chi connectivity index (χ3v) is 5.68. The molecule has 7 nitrogen and oxygen atoms in total. The molecule has 1 aromatic carbocycles. The fourth-order valence-corrected chi connectivity index (χ4v) is 3.98. The molecule has 29 heavy (non-hydrogen) atoms. The van der Waals surface area contributed by atoms with Gasteiger partial charge in [-0.1, -0.05) is 35.5 Å². The monoisotopic (exact) mass is 393 g/mol. The van der Waals surface area contributed by atoms with Gasteiger partial charge in [-0.05, 0) is 44.6 Å². The lowest BCUT2D eigenvalue weighted by atomic mass is 9.82. The van der Waals surface area contributed by atoms with E-state index in [9.17, 15) is 9.59 Å². The summed E-state index contributed by atoms with van der Waals surface area (Å²) in [7, 11) is 0. The largest absolute Gasteiger partial charge is 0.481 e. The minimum absolute atomic E-state index is 0.193.